The summed E-state index contributed by atoms with van der Waals surface area (Å²) in [5.74, 6) is 0.386. The van der Waals surface area contributed by atoms with Crippen LogP contribution >= 0.6 is 0 Å². The lowest BCUT2D eigenvalue weighted by Crippen LogP contribution is -2.27. The highest BCUT2D eigenvalue weighted by Crippen LogP contribution is 2.21. The molecule has 0 aromatic heterocycles. The van der Waals surface area contributed by atoms with Gasteiger partial charge in [-0.15, -0.1) is 0 Å². The summed E-state index contributed by atoms with van der Waals surface area (Å²) in [4.78, 5) is 0. The van der Waals surface area contributed by atoms with Crippen molar-refractivity contribution >= 4 is 0 Å². The molecule has 0 saturated heterocycles. The Bertz CT molecular complexity index is 279. The molecule has 14 heavy (non-hydrogen) atoms. The zero-order chi connectivity index (χ0) is 10.6. The van der Waals surface area contributed by atoms with Gasteiger partial charge in [0.1, 0.15) is 0 Å². The zero-order valence-electron chi connectivity index (χ0n) is 9.03. The smallest absolute Gasteiger partial charge is 0.0335 e. The maximum absolute atomic E-state index is 6.15. The van der Waals surface area contributed by atoms with Gasteiger partial charge in [-0.3, -0.25) is 0 Å². The van der Waals surface area contributed by atoms with Crippen molar-refractivity contribution in [1.82, 2.24) is 0 Å². The van der Waals surface area contributed by atoms with Gasteiger partial charge in [-0.25, -0.2) is 0 Å². The van der Waals surface area contributed by atoms with Crippen LogP contribution < -0.4 is 11.5 Å². The molecule has 4 N–H and O–H groups in total. The van der Waals surface area contributed by atoms with Gasteiger partial charge >= 0.3 is 0 Å². The first-order valence-electron chi connectivity index (χ1n) is 5.21. The molecule has 0 fully saturated rings. The first kappa shape index (κ1) is 11.2. The second-order valence-electron chi connectivity index (χ2n) is 3.84. The molecule has 0 aliphatic heterocycles. The van der Waals surface area contributed by atoms with Gasteiger partial charge in [0.15, 0.2) is 0 Å². The predicted octanol–water partition coefficient (Wildman–Crippen LogP) is 1.98. The van der Waals surface area contributed by atoms with E-state index in [0.717, 1.165) is 6.42 Å². The molecule has 0 radical (unpaired) electrons. The van der Waals surface area contributed by atoms with E-state index in [4.69, 9.17) is 11.5 Å². The van der Waals surface area contributed by atoms with E-state index in [0.29, 0.717) is 12.5 Å². The van der Waals surface area contributed by atoms with Crippen molar-refractivity contribution in [3.63, 3.8) is 0 Å². The molecule has 2 unspecified atom stereocenters. The second-order valence-corrected chi connectivity index (χ2v) is 3.84. The van der Waals surface area contributed by atoms with Crippen LogP contribution in [0.1, 0.15) is 30.5 Å². The van der Waals surface area contributed by atoms with Crippen molar-refractivity contribution < 1.29 is 0 Å². The van der Waals surface area contributed by atoms with Crippen LogP contribution in [0.3, 0.4) is 0 Å². The van der Waals surface area contributed by atoms with Crippen molar-refractivity contribution in [3.05, 3.63) is 35.4 Å². The minimum absolute atomic E-state index is 0.0740. The minimum Gasteiger partial charge on any atom is -0.330 e. The Morgan fingerprint density at radius 3 is 2.57 bits per heavy atom. The van der Waals surface area contributed by atoms with Crippen LogP contribution in [0, 0.1) is 12.8 Å². The Morgan fingerprint density at radius 2 is 2.07 bits per heavy atom. The fraction of sp³-hybridized carbons (Fsp3) is 0.500. The maximum Gasteiger partial charge on any atom is 0.0335 e. The summed E-state index contributed by atoms with van der Waals surface area (Å²) in [6, 6.07) is 8.43. The van der Waals surface area contributed by atoms with Gasteiger partial charge in [-0.1, -0.05) is 43.2 Å². The van der Waals surface area contributed by atoms with Gasteiger partial charge in [-0.2, -0.15) is 0 Å². The van der Waals surface area contributed by atoms with E-state index in [2.05, 4.69) is 32.0 Å². The molecule has 2 atom stereocenters. The summed E-state index contributed by atoms with van der Waals surface area (Å²) in [6.45, 7) is 4.87. The number of hydrogen-bond acceptors (Lipinski definition) is 2. The van der Waals surface area contributed by atoms with E-state index < -0.39 is 0 Å². The van der Waals surface area contributed by atoms with E-state index in [1.807, 2.05) is 6.07 Å². The average molecular weight is 192 g/mol. The SMILES string of the molecule is CCC(CN)C(N)c1cccc(C)c1. The number of nitrogens with two attached hydrogens (primary N) is 2. The molecule has 1 rings (SSSR count). The standard InChI is InChI=1S/C12H20N2/c1-3-10(8-13)12(14)11-6-4-5-9(2)7-11/h4-7,10,12H,3,8,13-14H2,1-2H3. The molecule has 0 heterocycles. The highest BCUT2D eigenvalue weighted by Gasteiger charge is 2.15. The van der Waals surface area contributed by atoms with Crippen molar-refractivity contribution in [1.29, 1.82) is 0 Å². The number of aryl methyl sites for hydroxylation is 1. The molecule has 0 saturated carbocycles. The van der Waals surface area contributed by atoms with Gasteiger partial charge in [0.25, 0.3) is 0 Å². The minimum atomic E-state index is 0.0740. The van der Waals surface area contributed by atoms with Crippen LogP contribution in [0.5, 0.6) is 0 Å². The summed E-state index contributed by atoms with van der Waals surface area (Å²) >= 11 is 0. The van der Waals surface area contributed by atoms with Crippen LogP contribution in [-0.4, -0.2) is 6.54 Å². The molecule has 0 bridgehead atoms. The van der Waals surface area contributed by atoms with Gasteiger partial charge in [0.2, 0.25) is 0 Å². The Kier molecular flexibility index (Phi) is 4.11. The lowest BCUT2D eigenvalue weighted by Gasteiger charge is -2.21. The Labute approximate surface area is 86.3 Å². The third-order valence-corrected chi connectivity index (χ3v) is 2.76. The van der Waals surface area contributed by atoms with E-state index in [9.17, 15) is 0 Å². The van der Waals surface area contributed by atoms with Gasteiger partial charge in [-0.05, 0) is 24.9 Å². The second kappa shape index (κ2) is 5.13. The van der Waals surface area contributed by atoms with Crippen molar-refractivity contribution in [3.8, 4) is 0 Å². The molecule has 0 spiro atoms. The molecular formula is C12H20N2. The van der Waals surface area contributed by atoms with Gasteiger partial charge in [0, 0.05) is 6.04 Å². The normalized spacial score (nSPS) is 15.1. The quantitative estimate of drug-likeness (QED) is 0.766. The van der Waals surface area contributed by atoms with E-state index in [-0.39, 0.29) is 6.04 Å². The number of benzene rings is 1. The highest BCUT2D eigenvalue weighted by molar-refractivity contribution is 5.25. The van der Waals surface area contributed by atoms with E-state index in [1.54, 1.807) is 0 Å². The summed E-state index contributed by atoms with van der Waals surface area (Å²) in [5, 5.41) is 0. The largest absolute Gasteiger partial charge is 0.330 e. The third kappa shape index (κ3) is 2.56. The Hall–Kier alpha value is -0.860. The Morgan fingerprint density at radius 1 is 1.36 bits per heavy atom. The molecular weight excluding hydrogens is 172 g/mol. The first-order valence-corrected chi connectivity index (χ1v) is 5.21. The maximum atomic E-state index is 6.15. The molecule has 0 aliphatic carbocycles. The van der Waals surface area contributed by atoms with Crippen LogP contribution in [0.4, 0.5) is 0 Å². The molecule has 1 aromatic carbocycles. The fourth-order valence-electron chi connectivity index (χ4n) is 1.72. The molecule has 2 nitrogen and oxygen atoms in total. The fourth-order valence-corrected chi connectivity index (χ4v) is 1.72. The lowest BCUT2D eigenvalue weighted by atomic mass is 9.91. The summed E-state index contributed by atoms with van der Waals surface area (Å²) in [6.07, 6.45) is 1.03. The van der Waals surface area contributed by atoms with Crippen LogP contribution in [-0.2, 0) is 0 Å². The summed E-state index contributed by atoms with van der Waals surface area (Å²) < 4.78 is 0. The highest BCUT2D eigenvalue weighted by atomic mass is 14.7. The Balaban J connectivity index is 2.82. The van der Waals surface area contributed by atoms with E-state index >= 15 is 0 Å². The summed E-state index contributed by atoms with van der Waals surface area (Å²) in [7, 11) is 0. The van der Waals surface area contributed by atoms with Crippen LogP contribution in [0.25, 0.3) is 0 Å². The summed E-state index contributed by atoms with van der Waals surface area (Å²) in [5.41, 5.74) is 14.3. The van der Waals surface area contributed by atoms with Crippen LogP contribution in [0.2, 0.25) is 0 Å². The zero-order valence-corrected chi connectivity index (χ0v) is 9.03. The number of rotatable bonds is 4. The first-order chi connectivity index (χ1) is 6.69. The van der Waals surface area contributed by atoms with Gasteiger partial charge in [0.05, 0.1) is 0 Å². The topological polar surface area (TPSA) is 52.0 Å². The molecule has 78 valence electrons. The van der Waals surface area contributed by atoms with Gasteiger partial charge < -0.3 is 11.5 Å². The lowest BCUT2D eigenvalue weighted by molar-refractivity contribution is 0.428. The third-order valence-electron chi connectivity index (χ3n) is 2.76. The van der Waals surface area contributed by atoms with Crippen molar-refractivity contribution in [2.75, 3.05) is 6.54 Å². The molecule has 0 aliphatic rings. The average Bonchev–Trinajstić information content (AvgIpc) is 2.19. The predicted molar refractivity (Wildman–Crippen MR) is 60.9 cm³/mol. The monoisotopic (exact) mass is 192 g/mol. The molecule has 0 amide bonds. The van der Waals surface area contributed by atoms with Crippen LogP contribution in [0.15, 0.2) is 24.3 Å². The molecule has 1 aromatic rings. The van der Waals surface area contributed by atoms with E-state index in [1.165, 1.54) is 11.1 Å². The molecule has 2 heteroatoms. The number of hydrogen-bond donors (Lipinski definition) is 2. The van der Waals surface area contributed by atoms with Crippen molar-refractivity contribution in [2.45, 2.75) is 26.3 Å². The van der Waals surface area contributed by atoms with Crippen molar-refractivity contribution in [2.24, 2.45) is 17.4 Å².